The highest BCUT2D eigenvalue weighted by Gasteiger charge is 2.12. The van der Waals surface area contributed by atoms with Gasteiger partial charge in [-0.2, -0.15) is 0 Å². The largest absolute Gasteiger partial charge is 0.490 e. The van der Waals surface area contributed by atoms with E-state index in [1.54, 1.807) is 23.7 Å². The topological polar surface area (TPSA) is 106 Å². The molecule has 2 aromatic carbocycles. The zero-order valence-electron chi connectivity index (χ0n) is 17.3. The van der Waals surface area contributed by atoms with Crippen LogP contribution in [0.5, 0.6) is 17.2 Å². The second kappa shape index (κ2) is 12.3. The molecular weight excluding hydrogens is 388 g/mol. The minimum atomic E-state index is -0.687. The number of amides is 2. The molecular formula is C22H28N2O6. The van der Waals surface area contributed by atoms with Crippen LogP contribution >= 0.6 is 0 Å². The van der Waals surface area contributed by atoms with Gasteiger partial charge in [0.1, 0.15) is 5.75 Å². The predicted octanol–water partition coefficient (Wildman–Crippen LogP) is 4.77. The summed E-state index contributed by atoms with van der Waals surface area (Å²) in [6.45, 7) is 5.30. The lowest BCUT2D eigenvalue weighted by Gasteiger charge is -2.14. The number of rotatable bonds is 11. The molecule has 0 unspecified atom stereocenters. The third-order valence-electron chi connectivity index (χ3n) is 4.13. The molecule has 0 atom stereocenters. The van der Waals surface area contributed by atoms with E-state index in [0.29, 0.717) is 36.1 Å². The average molecular weight is 416 g/mol. The van der Waals surface area contributed by atoms with Crippen molar-refractivity contribution in [3.05, 3.63) is 48.0 Å². The number of unbranched alkanes of at least 4 members (excludes halogenated alkanes) is 2. The lowest BCUT2D eigenvalue weighted by Crippen LogP contribution is -2.19. The van der Waals surface area contributed by atoms with E-state index in [0.717, 1.165) is 25.7 Å². The van der Waals surface area contributed by atoms with Gasteiger partial charge in [0.2, 0.25) is 0 Å². The third-order valence-corrected chi connectivity index (χ3v) is 4.13. The summed E-state index contributed by atoms with van der Waals surface area (Å²) in [6.07, 6.45) is 3.19. The maximum Gasteiger partial charge on any atom is 0.417 e. The molecule has 3 N–H and O–H groups in total. The first-order valence-electron chi connectivity index (χ1n) is 10.00. The number of carbonyl (C=O) groups excluding carboxylic acids is 2. The summed E-state index contributed by atoms with van der Waals surface area (Å²) in [4.78, 5) is 23.5. The molecule has 0 spiro atoms. The standard InChI is InChI=1S/C22H28N2O6/c1-3-5-13-28-19-12-11-18(15-20(19)29-14-6-4-2)30-22(26)23-17-9-7-16(8-10-17)21(25)24-27/h7-12,15,27H,3-6,13-14H2,1-2H3,(H,23,26)(H,24,25). The highest BCUT2D eigenvalue weighted by Crippen LogP contribution is 2.32. The number of ether oxygens (including phenoxy) is 3. The van der Waals surface area contributed by atoms with Crippen LogP contribution in [0.2, 0.25) is 0 Å². The molecule has 2 aromatic rings. The predicted molar refractivity (Wildman–Crippen MR) is 113 cm³/mol. The van der Waals surface area contributed by atoms with Crippen LogP contribution in [-0.4, -0.2) is 30.4 Å². The number of hydrogen-bond acceptors (Lipinski definition) is 6. The maximum atomic E-state index is 12.2. The van der Waals surface area contributed by atoms with Crippen LogP contribution < -0.4 is 25.0 Å². The molecule has 0 aliphatic rings. The van der Waals surface area contributed by atoms with Crippen LogP contribution in [0.1, 0.15) is 49.9 Å². The van der Waals surface area contributed by atoms with Crippen LogP contribution in [0.3, 0.4) is 0 Å². The van der Waals surface area contributed by atoms with Crippen molar-refractivity contribution < 1.29 is 29.0 Å². The quantitative estimate of drug-likeness (QED) is 0.277. The van der Waals surface area contributed by atoms with Crippen LogP contribution in [-0.2, 0) is 0 Å². The number of hydrogen-bond donors (Lipinski definition) is 3. The Kier molecular flexibility index (Phi) is 9.47. The Morgan fingerprint density at radius 3 is 2.13 bits per heavy atom. The Morgan fingerprint density at radius 2 is 1.53 bits per heavy atom. The molecule has 0 saturated carbocycles. The van der Waals surface area contributed by atoms with E-state index in [-0.39, 0.29) is 5.56 Å². The van der Waals surface area contributed by atoms with Crippen LogP contribution in [0.15, 0.2) is 42.5 Å². The summed E-state index contributed by atoms with van der Waals surface area (Å²) in [6, 6.07) is 11.0. The van der Waals surface area contributed by atoms with E-state index in [2.05, 4.69) is 19.2 Å². The van der Waals surface area contributed by atoms with E-state index in [1.165, 1.54) is 24.3 Å². The first-order chi connectivity index (χ1) is 14.6. The zero-order valence-corrected chi connectivity index (χ0v) is 17.3. The van der Waals surface area contributed by atoms with E-state index in [1.807, 2.05) is 0 Å². The highest BCUT2D eigenvalue weighted by molar-refractivity contribution is 5.94. The van der Waals surface area contributed by atoms with Crippen LogP contribution in [0, 0.1) is 0 Å². The minimum absolute atomic E-state index is 0.254. The van der Waals surface area contributed by atoms with E-state index >= 15 is 0 Å². The molecule has 0 fully saturated rings. The van der Waals surface area contributed by atoms with E-state index in [4.69, 9.17) is 19.4 Å². The van der Waals surface area contributed by atoms with Gasteiger partial charge in [0.15, 0.2) is 11.5 Å². The second-order valence-electron chi connectivity index (χ2n) is 6.55. The van der Waals surface area contributed by atoms with Gasteiger partial charge in [0.25, 0.3) is 5.91 Å². The molecule has 0 heterocycles. The molecule has 0 bridgehead atoms. The molecule has 0 aliphatic heterocycles. The van der Waals surface area contributed by atoms with Crippen molar-refractivity contribution in [1.82, 2.24) is 5.48 Å². The van der Waals surface area contributed by atoms with Gasteiger partial charge >= 0.3 is 6.09 Å². The lowest BCUT2D eigenvalue weighted by atomic mass is 10.2. The van der Waals surface area contributed by atoms with Crippen molar-refractivity contribution in [2.24, 2.45) is 0 Å². The van der Waals surface area contributed by atoms with Crippen molar-refractivity contribution >= 4 is 17.7 Å². The molecule has 0 saturated heterocycles. The van der Waals surface area contributed by atoms with Crippen molar-refractivity contribution in [2.45, 2.75) is 39.5 Å². The molecule has 0 radical (unpaired) electrons. The van der Waals surface area contributed by atoms with Crippen molar-refractivity contribution in [1.29, 1.82) is 0 Å². The first-order valence-corrected chi connectivity index (χ1v) is 10.00. The molecule has 8 nitrogen and oxygen atoms in total. The number of nitrogens with one attached hydrogen (secondary N) is 2. The van der Waals surface area contributed by atoms with Crippen LogP contribution in [0.25, 0.3) is 0 Å². The fraction of sp³-hybridized carbons (Fsp3) is 0.364. The number of benzene rings is 2. The van der Waals surface area contributed by atoms with Gasteiger partial charge in [-0.05, 0) is 49.2 Å². The summed E-state index contributed by atoms with van der Waals surface area (Å²) in [5, 5.41) is 11.2. The Bertz CT molecular complexity index is 823. The molecule has 0 aromatic heterocycles. The second-order valence-corrected chi connectivity index (χ2v) is 6.55. The Morgan fingerprint density at radius 1 is 0.900 bits per heavy atom. The molecule has 30 heavy (non-hydrogen) atoms. The van der Waals surface area contributed by atoms with Gasteiger partial charge in [-0.25, -0.2) is 10.3 Å². The molecule has 8 heteroatoms. The smallest absolute Gasteiger partial charge is 0.417 e. The summed E-state index contributed by atoms with van der Waals surface area (Å²) in [5.74, 6) is 0.827. The summed E-state index contributed by atoms with van der Waals surface area (Å²) in [7, 11) is 0. The van der Waals surface area contributed by atoms with Crippen molar-refractivity contribution in [3.63, 3.8) is 0 Å². The zero-order chi connectivity index (χ0) is 21.8. The van der Waals surface area contributed by atoms with Gasteiger partial charge in [-0.1, -0.05) is 26.7 Å². The summed E-state index contributed by atoms with van der Waals surface area (Å²) < 4.78 is 16.9. The van der Waals surface area contributed by atoms with E-state index < -0.39 is 12.0 Å². The Labute approximate surface area is 176 Å². The van der Waals surface area contributed by atoms with Crippen molar-refractivity contribution in [2.75, 3.05) is 18.5 Å². The normalized spacial score (nSPS) is 10.2. The third kappa shape index (κ3) is 7.29. The van der Waals surface area contributed by atoms with Crippen LogP contribution in [0.4, 0.5) is 10.5 Å². The minimum Gasteiger partial charge on any atom is -0.490 e. The number of hydroxylamine groups is 1. The highest BCUT2D eigenvalue weighted by atomic mass is 16.6. The van der Waals surface area contributed by atoms with Gasteiger partial charge in [-0.3, -0.25) is 15.3 Å². The molecule has 2 rings (SSSR count). The maximum absolute atomic E-state index is 12.2. The monoisotopic (exact) mass is 416 g/mol. The van der Waals surface area contributed by atoms with Crippen molar-refractivity contribution in [3.8, 4) is 17.2 Å². The summed E-state index contributed by atoms with van der Waals surface area (Å²) in [5.41, 5.74) is 2.24. The molecule has 162 valence electrons. The lowest BCUT2D eigenvalue weighted by molar-refractivity contribution is 0.0706. The SMILES string of the molecule is CCCCOc1ccc(OC(=O)Nc2ccc(C(=O)NO)cc2)cc1OCCCC. The Hall–Kier alpha value is -3.26. The molecule has 2 amide bonds. The number of carbonyl (C=O) groups is 2. The van der Waals surface area contributed by atoms with Gasteiger partial charge < -0.3 is 14.2 Å². The van der Waals surface area contributed by atoms with Gasteiger partial charge in [0, 0.05) is 17.3 Å². The van der Waals surface area contributed by atoms with E-state index in [9.17, 15) is 9.59 Å². The van der Waals surface area contributed by atoms with Gasteiger partial charge in [0.05, 0.1) is 13.2 Å². The van der Waals surface area contributed by atoms with Gasteiger partial charge in [-0.15, -0.1) is 0 Å². The fourth-order valence-electron chi connectivity index (χ4n) is 2.46. The first kappa shape index (κ1) is 23.0. The fourth-order valence-corrected chi connectivity index (χ4v) is 2.46. The Balaban J connectivity index is 2.02. The molecule has 0 aliphatic carbocycles. The average Bonchev–Trinajstić information content (AvgIpc) is 2.75. The number of anilines is 1. The summed E-state index contributed by atoms with van der Waals surface area (Å²) >= 11 is 0.